The molecule has 0 aromatic carbocycles. The molecule has 0 unspecified atom stereocenters. The third-order valence-electron chi connectivity index (χ3n) is 1.81. The second-order valence-corrected chi connectivity index (χ2v) is 8.07. The lowest BCUT2D eigenvalue weighted by Crippen LogP contribution is -2.42. The minimum absolute atomic E-state index is 0.145. The fourth-order valence-electron chi connectivity index (χ4n) is 1.32. The third kappa shape index (κ3) is 4.92. The maximum Gasteiger partial charge on any atom is 0.340 e. The van der Waals surface area contributed by atoms with Gasteiger partial charge in [-0.05, 0) is 13.8 Å². The van der Waals surface area contributed by atoms with Crippen LogP contribution in [0.3, 0.4) is 0 Å². The Morgan fingerprint density at radius 1 is 1.12 bits per heavy atom. The lowest BCUT2D eigenvalue weighted by molar-refractivity contribution is -0.145. The monoisotopic (exact) mass is 278 g/mol. The van der Waals surface area contributed by atoms with E-state index in [1.807, 2.05) is 27.7 Å². The molecule has 0 aromatic rings. The van der Waals surface area contributed by atoms with Gasteiger partial charge in [-0.1, -0.05) is 27.7 Å². The first-order valence-corrected chi connectivity index (χ1v) is 7.56. The van der Waals surface area contributed by atoms with E-state index in [1.54, 1.807) is 6.92 Å². The molecule has 0 N–H and O–H groups in total. The van der Waals surface area contributed by atoms with Crippen LogP contribution in [0.4, 0.5) is 0 Å². The summed E-state index contributed by atoms with van der Waals surface area (Å²) in [5, 5.41) is 0.379. The molecule has 0 spiro atoms. The average Bonchev–Trinajstić information content (AvgIpc) is 2.14. The molecule has 0 atom stereocenters. The topological polar surface area (TPSA) is 43.4 Å². The molecule has 0 fully saturated rings. The Labute approximate surface area is 112 Å². The zero-order valence-corrected chi connectivity index (χ0v) is 13.0. The summed E-state index contributed by atoms with van der Waals surface area (Å²) < 4.78 is 3.96. The molecule has 0 rings (SSSR count). The largest absolute Gasteiger partial charge is 0.464 e. The minimum atomic E-state index is -1.11. The van der Waals surface area contributed by atoms with Crippen LogP contribution in [0, 0.1) is 0 Å². The van der Waals surface area contributed by atoms with Gasteiger partial charge in [0, 0.05) is 10.5 Å². The fourth-order valence-corrected chi connectivity index (χ4v) is 4.67. The first-order valence-electron chi connectivity index (χ1n) is 5.80. The number of carbonyl (C=O) groups excluding carboxylic acids is 2. The van der Waals surface area contributed by atoms with Crippen molar-refractivity contribution in [2.75, 3.05) is 6.61 Å². The SMILES string of the molecule is CCOC(=O)C(SC(C)C)(SC(C)C)C(C)=O. The Morgan fingerprint density at radius 2 is 1.53 bits per heavy atom. The molecular weight excluding hydrogens is 256 g/mol. The van der Waals surface area contributed by atoms with E-state index in [4.69, 9.17) is 4.74 Å². The molecule has 0 aromatic heterocycles. The van der Waals surface area contributed by atoms with E-state index in [0.29, 0.717) is 6.61 Å². The van der Waals surface area contributed by atoms with Gasteiger partial charge < -0.3 is 4.74 Å². The zero-order chi connectivity index (χ0) is 13.6. The maximum absolute atomic E-state index is 12.1. The summed E-state index contributed by atoms with van der Waals surface area (Å²) in [6.45, 7) is 11.4. The van der Waals surface area contributed by atoms with Gasteiger partial charge in [-0.2, -0.15) is 0 Å². The summed E-state index contributed by atoms with van der Waals surface area (Å²) >= 11 is 2.74. The van der Waals surface area contributed by atoms with Gasteiger partial charge >= 0.3 is 5.97 Å². The Bertz CT molecular complexity index is 265. The van der Waals surface area contributed by atoms with Gasteiger partial charge in [-0.3, -0.25) is 4.79 Å². The summed E-state index contributed by atoms with van der Waals surface area (Å²) in [6, 6.07) is 0. The Kier molecular flexibility index (Phi) is 7.24. The van der Waals surface area contributed by atoms with E-state index in [9.17, 15) is 9.59 Å². The first-order chi connectivity index (χ1) is 7.76. The molecular formula is C12H22O3S2. The second-order valence-electron chi connectivity index (χ2n) is 4.23. The number of ether oxygens (including phenoxy) is 1. The Balaban J connectivity index is 5.23. The third-order valence-corrected chi connectivity index (χ3v) is 4.90. The van der Waals surface area contributed by atoms with Gasteiger partial charge in [0.2, 0.25) is 4.08 Å². The summed E-state index contributed by atoms with van der Waals surface area (Å²) in [7, 11) is 0. The normalized spacial score (nSPS) is 12.0. The standard InChI is InChI=1S/C12H22O3S2/c1-7-15-11(14)12(10(6)13,16-8(2)3)17-9(4)5/h8-9H,7H2,1-6H3. The highest BCUT2D eigenvalue weighted by molar-refractivity contribution is 8.21. The molecule has 0 radical (unpaired) electrons. The predicted octanol–water partition coefficient (Wildman–Crippen LogP) is 3.12. The van der Waals surface area contributed by atoms with Gasteiger partial charge in [0.15, 0.2) is 5.78 Å². The van der Waals surface area contributed by atoms with E-state index in [2.05, 4.69) is 0 Å². The summed E-state index contributed by atoms with van der Waals surface area (Å²) in [6.07, 6.45) is 0. The van der Waals surface area contributed by atoms with Gasteiger partial charge in [0.1, 0.15) is 0 Å². The van der Waals surface area contributed by atoms with Crippen LogP contribution in [0.15, 0.2) is 0 Å². The highest BCUT2D eigenvalue weighted by Crippen LogP contribution is 2.43. The van der Waals surface area contributed by atoms with Crippen LogP contribution in [0.2, 0.25) is 0 Å². The summed E-state index contributed by atoms with van der Waals surface area (Å²) in [5.74, 6) is -0.571. The molecule has 0 saturated heterocycles. The number of carbonyl (C=O) groups is 2. The number of esters is 1. The maximum atomic E-state index is 12.1. The average molecular weight is 278 g/mol. The van der Waals surface area contributed by atoms with Crippen molar-refractivity contribution in [3.63, 3.8) is 0 Å². The van der Waals surface area contributed by atoms with Crippen LogP contribution in [0.1, 0.15) is 41.5 Å². The van der Waals surface area contributed by atoms with Crippen molar-refractivity contribution in [1.29, 1.82) is 0 Å². The van der Waals surface area contributed by atoms with Crippen LogP contribution in [-0.2, 0) is 14.3 Å². The van der Waals surface area contributed by atoms with Gasteiger partial charge in [0.05, 0.1) is 6.61 Å². The molecule has 3 nitrogen and oxygen atoms in total. The molecule has 5 heteroatoms. The van der Waals surface area contributed by atoms with E-state index < -0.39 is 10.0 Å². The number of thioether (sulfide) groups is 2. The van der Waals surface area contributed by atoms with Crippen molar-refractivity contribution >= 4 is 35.3 Å². The number of hydrogen-bond donors (Lipinski definition) is 0. The number of hydrogen-bond acceptors (Lipinski definition) is 5. The van der Waals surface area contributed by atoms with Crippen LogP contribution in [0.25, 0.3) is 0 Å². The number of Topliss-reactive ketones (excluding diaryl/α,β-unsaturated/α-hetero) is 1. The second kappa shape index (κ2) is 7.31. The van der Waals surface area contributed by atoms with E-state index >= 15 is 0 Å². The highest BCUT2D eigenvalue weighted by Gasteiger charge is 2.47. The first kappa shape index (κ1) is 16.8. The Hall–Kier alpha value is -0.160. The smallest absolute Gasteiger partial charge is 0.340 e. The van der Waals surface area contributed by atoms with Crippen LogP contribution in [0.5, 0.6) is 0 Å². The van der Waals surface area contributed by atoms with Crippen molar-refractivity contribution in [2.24, 2.45) is 0 Å². The van der Waals surface area contributed by atoms with Gasteiger partial charge in [-0.25, -0.2) is 4.79 Å². The van der Waals surface area contributed by atoms with Crippen molar-refractivity contribution < 1.29 is 14.3 Å². The van der Waals surface area contributed by atoms with Crippen molar-refractivity contribution in [1.82, 2.24) is 0 Å². The van der Waals surface area contributed by atoms with E-state index in [0.717, 1.165) is 0 Å². The minimum Gasteiger partial charge on any atom is -0.464 e. The van der Waals surface area contributed by atoms with E-state index in [-0.39, 0.29) is 16.3 Å². The molecule has 0 saturated carbocycles. The van der Waals surface area contributed by atoms with Crippen LogP contribution >= 0.6 is 23.5 Å². The number of rotatable bonds is 7. The molecule has 0 aliphatic heterocycles. The quantitative estimate of drug-likeness (QED) is 0.407. The number of ketones is 1. The predicted molar refractivity (Wildman–Crippen MR) is 75.5 cm³/mol. The van der Waals surface area contributed by atoms with Gasteiger partial charge in [-0.15, -0.1) is 23.5 Å². The summed E-state index contributed by atoms with van der Waals surface area (Å²) in [5.41, 5.74) is 0. The van der Waals surface area contributed by atoms with Gasteiger partial charge in [0.25, 0.3) is 0 Å². The molecule has 17 heavy (non-hydrogen) atoms. The van der Waals surface area contributed by atoms with E-state index in [1.165, 1.54) is 30.4 Å². The lowest BCUT2D eigenvalue weighted by atomic mass is 10.3. The highest BCUT2D eigenvalue weighted by atomic mass is 32.2. The van der Waals surface area contributed by atoms with Crippen molar-refractivity contribution in [2.45, 2.75) is 56.1 Å². The molecule has 0 bridgehead atoms. The molecule has 0 aliphatic rings. The van der Waals surface area contributed by atoms with Crippen LogP contribution in [-0.4, -0.2) is 32.9 Å². The molecule has 100 valence electrons. The fraction of sp³-hybridized carbons (Fsp3) is 0.833. The summed E-state index contributed by atoms with van der Waals surface area (Å²) in [4.78, 5) is 24.0. The van der Waals surface area contributed by atoms with Crippen molar-refractivity contribution in [3.05, 3.63) is 0 Å². The molecule has 0 aliphatic carbocycles. The Morgan fingerprint density at radius 3 is 1.76 bits per heavy atom. The lowest BCUT2D eigenvalue weighted by Gasteiger charge is -2.30. The molecule has 0 amide bonds. The van der Waals surface area contributed by atoms with Crippen molar-refractivity contribution in [3.8, 4) is 0 Å². The molecule has 0 heterocycles. The zero-order valence-electron chi connectivity index (χ0n) is 11.4. The van der Waals surface area contributed by atoms with Crippen LogP contribution < -0.4 is 0 Å².